The molecule has 0 heterocycles. The van der Waals surface area contributed by atoms with Crippen molar-refractivity contribution in [3.8, 4) is 0 Å². The molecule has 2 aromatic carbocycles. The van der Waals surface area contributed by atoms with Crippen LogP contribution < -0.4 is 17.2 Å². The van der Waals surface area contributed by atoms with Gasteiger partial charge >= 0.3 is 0 Å². The number of hydrogen-bond acceptors (Lipinski definition) is 3. The summed E-state index contributed by atoms with van der Waals surface area (Å²) >= 11 is 0. The molecular weight excluding hydrogens is 210 g/mol. The Morgan fingerprint density at radius 2 is 1.35 bits per heavy atom. The minimum absolute atomic E-state index is 0.746. The zero-order chi connectivity index (χ0) is 12.4. The number of benzene rings is 2. The molecule has 0 aliphatic rings. The molecule has 0 aromatic heterocycles. The van der Waals surface area contributed by atoms with E-state index in [1.165, 1.54) is 5.56 Å². The summed E-state index contributed by atoms with van der Waals surface area (Å²) in [6, 6.07) is 11.8. The minimum atomic E-state index is 0.746. The molecule has 0 aliphatic heterocycles. The van der Waals surface area contributed by atoms with Gasteiger partial charge < -0.3 is 17.2 Å². The third kappa shape index (κ3) is 2.50. The molecule has 0 fully saturated rings. The molecule has 0 spiro atoms. The first-order valence-corrected chi connectivity index (χ1v) is 5.55. The topological polar surface area (TPSA) is 78.1 Å². The Labute approximate surface area is 101 Å². The number of nitrogen functional groups attached to an aromatic ring is 3. The zero-order valence-corrected chi connectivity index (χ0v) is 9.90. The van der Waals surface area contributed by atoms with Crippen molar-refractivity contribution in [3.05, 3.63) is 53.1 Å². The van der Waals surface area contributed by atoms with E-state index in [1.807, 2.05) is 43.3 Å². The number of rotatable bonds is 2. The Kier molecular flexibility index (Phi) is 2.91. The normalized spacial score (nSPS) is 10.4. The highest BCUT2D eigenvalue weighted by molar-refractivity contribution is 5.63. The Morgan fingerprint density at radius 3 is 1.88 bits per heavy atom. The monoisotopic (exact) mass is 227 g/mol. The van der Waals surface area contributed by atoms with Gasteiger partial charge in [0.05, 0.1) is 0 Å². The van der Waals surface area contributed by atoms with E-state index < -0.39 is 0 Å². The highest BCUT2D eigenvalue weighted by Gasteiger charge is 2.03. The van der Waals surface area contributed by atoms with E-state index in [0.717, 1.165) is 34.6 Å². The van der Waals surface area contributed by atoms with Gasteiger partial charge in [-0.3, -0.25) is 0 Å². The van der Waals surface area contributed by atoms with E-state index in [-0.39, 0.29) is 0 Å². The molecule has 2 rings (SSSR count). The molecule has 0 amide bonds. The second kappa shape index (κ2) is 4.37. The SMILES string of the molecule is Cc1c(N)cc(Cc2ccc(N)cc2)cc1N. The molecule has 0 aliphatic carbocycles. The van der Waals surface area contributed by atoms with E-state index >= 15 is 0 Å². The molecule has 17 heavy (non-hydrogen) atoms. The van der Waals surface area contributed by atoms with Crippen molar-refractivity contribution in [2.45, 2.75) is 13.3 Å². The van der Waals surface area contributed by atoms with Crippen LogP contribution >= 0.6 is 0 Å². The summed E-state index contributed by atoms with van der Waals surface area (Å²) in [5, 5.41) is 0. The molecule has 3 heteroatoms. The third-order valence-electron chi connectivity index (χ3n) is 2.94. The van der Waals surface area contributed by atoms with Gasteiger partial charge in [0, 0.05) is 17.1 Å². The average Bonchev–Trinajstić information content (AvgIpc) is 2.29. The molecule has 0 bridgehead atoms. The van der Waals surface area contributed by atoms with Crippen molar-refractivity contribution in [3.63, 3.8) is 0 Å². The third-order valence-corrected chi connectivity index (χ3v) is 2.94. The molecule has 0 saturated carbocycles. The quantitative estimate of drug-likeness (QED) is 0.689. The molecule has 3 nitrogen and oxygen atoms in total. The second-order valence-electron chi connectivity index (χ2n) is 4.32. The first-order chi connectivity index (χ1) is 8.06. The van der Waals surface area contributed by atoms with Gasteiger partial charge in [-0.25, -0.2) is 0 Å². The summed E-state index contributed by atoms with van der Waals surface area (Å²) in [6.07, 6.45) is 0.814. The van der Waals surface area contributed by atoms with Crippen LogP contribution in [0.25, 0.3) is 0 Å². The maximum atomic E-state index is 5.90. The Bertz CT molecular complexity index is 507. The molecule has 0 unspecified atom stereocenters. The van der Waals surface area contributed by atoms with Crippen LogP contribution in [0.1, 0.15) is 16.7 Å². The summed E-state index contributed by atoms with van der Waals surface area (Å²) in [5.41, 5.74) is 23.0. The van der Waals surface area contributed by atoms with E-state index in [2.05, 4.69) is 0 Å². The molecule has 0 radical (unpaired) electrons. The predicted molar refractivity (Wildman–Crippen MR) is 73.7 cm³/mol. The van der Waals surface area contributed by atoms with Crippen LogP contribution in [-0.2, 0) is 6.42 Å². The first kappa shape index (κ1) is 11.3. The predicted octanol–water partition coefficient (Wildman–Crippen LogP) is 2.33. The van der Waals surface area contributed by atoms with Crippen LogP contribution in [0.4, 0.5) is 17.1 Å². The van der Waals surface area contributed by atoms with Crippen molar-refractivity contribution in [1.82, 2.24) is 0 Å². The van der Waals surface area contributed by atoms with Crippen molar-refractivity contribution >= 4 is 17.1 Å². The van der Waals surface area contributed by atoms with Crippen LogP contribution in [0, 0.1) is 6.92 Å². The summed E-state index contributed by atoms with van der Waals surface area (Å²) in [6.45, 7) is 1.93. The number of anilines is 3. The summed E-state index contributed by atoms with van der Waals surface area (Å²) < 4.78 is 0. The van der Waals surface area contributed by atoms with Gasteiger partial charge in [-0.05, 0) is 54.3 Å². The Hall–Kier alpha value is -2.16. The highest BCUT2D eigenvalue weighted by Crippen LogP contribution is 2.22. The lowest BCUT2D eigenvalue weighted by Gasteiger charge is -2.09. The van der Waals surface area contributed by atoms with Crippen LogP contribution in [0.5, 0.6) is 0 Å². The van der Waals surface area contributed by atoms with E-state index in [1.54, 1.807) is 0 Å². The van der Waals surface area contributed by atoms with Crippen molar-refractivity contribution in [1.29, 1.82) is 0 Å². The van der Waals surface area contributed by atoms with Crippen LogP contribution in [0.3, 0.4) is 0 Å². The summed E-state index contributed by atoms with van der Waals surface area (Å²) in [7, 11) is 0. The highest BCUT2D eigenvalue weighted by atomic mass is 14.6. The van der Waals surface area contributed by atoms with Crippen molar-refractivity contribution in [2.75, 3.05) is 17.2 Å². The summed E-state index contributed by atoms with van der Waals surface area (Å²) in [4.78, 5) is 0. The van der Waals surface area contributed by atoms with Gasteiger partial charge in [-0.15, -0.1) is 0 Å². The lowest BCUT2D eigenvalue weighted by atomic mass is 10.0. The van der Waals surface area contributed by atoms with Gasteiger partial charge in [0.15, 0.2) is 0 Å². The molecule has 0 atom stereocenters. The smallest absolute Gasteiger partial charge is 0.0367 e. The number of nitrogens with two attached hydrogens (primary N) is 3. The fourth-order valence-corrected chi connectivity index (χ4v) is 1.80. The van der Waals surface area contributed by atoms with Gasteiger partial charge in [0.25, 0.3) is 0 Å². The first-order valence-electron chi connectivity index (χ1n) is 5.55. The molecule has 6 N–H and O–H groups in total. The van der Waals surface area contributed by atoms with Gasteiger partial charge in [-0.2, -0.15) is 0 Å². The maximum Gasteiger partial charge on any atom is 0.0367 e. The van der Waals surface area contributed by atoms with E-state index in [9.17, 15) is 0 Å². The van der Waals surface area contributed by atoms with E-state index in [4.69, 9.17) is 17.2 Å². The zero-order valence-electron chi connectivity index (χ0n) is 9.90. The van der Waals surface area contributed by atoms with Crippen molar-refractivity contribution in [2.24, 2.45) is 0 Å². The van der Waals surface area contributed by atoms with Crippen molar-refractivity contribution < 1.29 is 0 Å². The maximum absolute atomic E-state index is 5.90. The number of hydrogen-bond donors (Lipinski definition) is 3. The van der Waals surface area contributed by atoms with Gasteiger partial charge in [-0.1, -0.05) is 12.1 Å². The van der Waals surface area contributed by atoms with E-state index in [0.29, 0.717) is 0 Å². The Morgan fingerprint density at radius 1 is 0.824 bits per heavy atom. The fourth-order valence-electron chi connectivity index (χ4n) is 1.80. The van der Waals surface area contributed by atoms with Crippen LogP contribution in [-0.4, -0.2) is 0 Å². The lowest BCUT2D eigenvalue weighted by molar-refractivity contribution is 1.19. The largest absolute Gasteiger partial charge is 0.399 e. The van der Waals surface area contributed by atoms with Crippen LogP contribution in [0.2, 0.25) is 0 Å². The van der Waals surface area contributed by atoms with Gasteiger partial charge in [0.2, 0.25) is 0 Å². The van der Waals surface area contributed by atoms with Gasteiger partial charge in [0.1, 0.15) is 0 Å². The average molecular weight is 227 g/mol. The lowest BCUT2D eigenvalue weighted by Crippen LogP contribution is -1.99. The summed E-state index contributed by atoms with van der Waals surface area (Å²) in [5.74, 6) is 0. The minimum Gasteiger partial charge on any atom is -0.399 e. The van der Waals surface area contributed by atoms with Crippen LogP contribution in [0.15, 0.2) is 36.4 Å². The second-order valence-corrected chi connectivity index (χ2v) is 4.32. The molecule has 2 aromatic rings. The molecule has 88 valence electrons. The molecule has 0 saturated heterocycles. The molecular formula is C14H17N3. The fraction of sp³-hybridized carbons (Fsp3) is 0.143. The Balaban J connectivity index is 2.27. The standard InChI is InChI=1S/C14H17N3/c1-9-13(16)7-11(8-14(9)17)6-10-2-4-12(15)5-3-10/h2-5,7-8H,6,15-17H2,1H3.